The maximum atomic E-state index is 12.8. The van der Waals surface area contributed by atoms with Crippen LogP contribution in [0.1, 0.15) is 34.5 Å². The number of carbonyl (C=O) groups is 1. The fraction of sp³-hybridized carbons (Fsp3) is 0.333. The van der Waals surface area contributed by atoms with Gasteiger partial charge in [-0.25, -0.2) is 0 Å². The van der Waals surface area contributed by atoms with Crippen LogP contribution in [-0.4, -0.2) is 22.5 Å². The van der Waals surface area contributed by atoms with Crippen molar-refractivity contribution in [1.82, 2.24) is 10.3 Å². The summed E-state index contributed by atoms with van der Waals surface area (Å²) in [6, 6.07) is 5.43. The zero-order chi connectivity index (χ0) is 17.3. The lowest BCUT2D eigenvalue weighted by molar-refractivity contribution is -0.141. The number of nitrogens with zero attached hydrogens (tertiary/aromatic N) is 1. The summed E-state index contributed by atoms with van der Waals surface area (Å²) in [5.74, 6) is -0.204. The van der Waals surface area contributed by atoms with E-state index in [0.29, 0.717) is 5.76 Å². The van der Waals surface area contributed by atoms with Gasteiger partial charge in [0.15, 0.2) is 5.69 Å². The van der Waals surface area contributed by atoms with E-state index in [1.165, 1.54) is 19.1 Å². The summed E-state index contributed by atoms with van der Waals surface area (Å²) in [6.07, 6.45) is -3.78. The molecule has 2 aromatic heterocycles. The highest BCUT2D eigenvalue weighted by Crippen LogP contribution is 2.30. The smallest absolute Gasteiger partial charge is 0.434 e. The Balaban J connectivity index is 2.14. The summed E-state index contributed by atoms with van der Waals surface area (Å²) in [6.45, 7) is 2.76. The van der Waals surface area contributed by atoms with Gasteiger partial charge < -0.3 is 14.8 Å². The highest BCUT2D eigenvalue weighted by molar-refractivity contribution is 5.95. The van der Waals surface area contributed by atoms with Crippen molar-refractivity contribution in [3.05, 3.63) is 53.2 Å². The second-order valence-corrected chi connectivity index (χ2v) is 5.26. The Labute approximate surface area is 130 Å². The number of hydrogen-bond donors (Lipinski definition) is 2. The van der Waals surface area contributed by atoms with E-state index in [2.05, 4.69) is 10.3 Å². The van der Waals surface area contributed by atoms with Crippen molar-refractivity contribution in [2.45, 2.75) is 25.6 Å². The SMILES string of the molecule is Cc1ccc(C(C)(O)CNC(=O)c2cccnc2C(F)(F)F)o1. The minimum absolute atomic E-state index is 0.206. The molecule has 5 nitrogen and oxygen atoms in total. The zero-order valence-corrected chi connectivity index (χ0v) is 12.4. The number of hydrogen-bond acceptors (Lipinski definition) is 4. The Morgan fingerprint density at radius 3 is 2.61 bits per heavy atom. The number of pyridine rings is 1. The number of alkyl halides is 3. The second-order valence-electron chi connectivity index (χ2n) is 5.26. The van der Waals surface area contributed by atoms with Crippen LogP contribution in [0.5, 0.6) is 0 Å². The lowest BCUT2D eigenvalue weighted by Gasteiger charge is -2.21. The third-order valence-corrected chi connectivity index (χ3v) is 3.19. The molecular weight excluding hydrogens is 313 g/mol. The van der Waals surface area contributed by atoms with Crippen LogP contribution >= 0.6 is 0 Å². The zero-order valence-electron chi connectivity index (χ0n) is 12.4. The Morgan fingerprint density at radius 2 is 2.04 bits per heavy atom. The number of aromatic nitrogens is 1. The number of furan rings is 1. The molecule has 0 spiro atoms. The molecule has 2 aromatic rings. The van der Waals surface area contributed by atoms with Crippen molar-refractivity contribution in [1.29, 1.82) is 0 Å². The van der Waals surface area contributed by atoms with Gasteiger partial charge in [0.25, 0.3) is 5.91 Å². The molecule has 0 aliphatic heterocycles. The van der Waals surface area contributed by atoms with Crippen LogP contribution < -0.4 is 5.32 Å². The molecule has 124 valence electrons. The number of carbonyl (C=O) groups excluding carboxylic acids is 1. The summed E-state index contributed by atoms with van der Waals surface area (Å²) in [4.78, 5) is 15.2. The van der Waals surface area contributed by atoms with Crippen molar-refractivity contribution in [3.8, 4) is 0 Å². The maximum absolute atomic E-state index is 12.8. The quantitative estimate of drug-likeness (QED) is 0.905. The first-order valence-corrected chi connectivity index (χ1v) is 6.71. The highest BCUT2D eigenvalue weighted by atomic mass is 19.4. The maximum Gasteiger partial charge on any atom is 0.434 e. The average molecular weight is 328 g/mol. The first-order valence-electron chi connectivity index (χ1n) is 6.71. The predicted octanol–water partition coefficient (Wildman–Crippen LogP) is 2.64. The van der Waals surface area contributed by atoms with Crippen molar-refractivity contribution in [2.24, 2.45) is 0 Å². The molecule has 2 rings (SSSR count). The van der Waals surface area contributed by atoms with Gasteiger partial charge in [-0.2, -0.15) is 13.2 Å². The number of rotatable bonds is 4. The lowest BCUT2D eigenvalue weighted by atomic mass is 10.0. The number of halogens is 3. The monoisotopic (exact) mass is 328 g/mol. The summed E-state index contributed by atoms with van der Waals surface area (Å²) in [5, 5.41) is 12.5. The molecule has 0 aliphatic carbocycles. The van der Waals surface area contributed by atoms with E-state index in [9.17, 15) is 23.1 Å². The third-order valence-electron chi connectivity index (χ3n) is 3.19. The summed E-state index contributed by atoms with van der Waals surface area (Å²) >= 11 is 0. The van der Waals surface area contributed by atoms with Gasteiger partial charge >= 0.3 is 6.18 Å². The van der Waals surface area contributed by atoms with E-state index in [1.54, 1.807) is 13.0 Å². The minimum Gasteiger partial charge on any atom is -0.463 e. The molecule has 0 saturated carbocycles. The van der Waals surface area contributed by atoms with Gasteiger partial charge in [0.1, 0.15) is 17.1 Å². The fourth-order valence-electron chi connectivity index (χ4n) is 1.97. The van der Waals surface area contributed by atoms with Gasteiger partial charge in [0.2, 0.25) is 0 Å². The van der Waals surface area contributed by atoms with Crippen LogP contribution in [0.15, 0.2) is 34.9 Å². The van der Waals surface area contributed by atoms with Gasteiger partial charge in [-0.05, 0) is 38.1 Å². The molecule has 1 amide bonds. The molecule has 0 saturated heterocycles. The molecule has 8 heteroatoms. The van der Waals surface area contributed by atoms with E-state index < -0.39 is 28.9 Å². The largest absolute Gasteiger partial charge is 0.463 e. The normalized spacial score (nSPS) is 14.3. The van der Waals surface area contributed by atoms with Crippen LogP contribution in [0, 0.1) is 6.92 Å². The van der Waals surface area contributed by atoms with Gasteiger partial charge in [-0.15, -0.1) is 0 Å². The van der Waals surface area contributed by atoms with E-state index in [1.807, 2.05) is 0 Å². The standard InChI is InChI=1S/C15H15F3N2O3/c1-9-5-6-11(23-9)14(2,22)8-20-13(21)10-4-3-7-19-12(10)15(16,17)18/h3-7,22H,8H2,1-2H3,(H,20,21). The Kier molecular flexibility index (Phi) is 4.46. The summed E-state index contributed by atoms with van der Waals surface area (Å²) in [7, 11) is 0. The molecule has 1 unspecified atom stereocenters. The molecule has 23 heavy (non-hydrogen) atoms. The molecule has 0 aliphatic rings. The Hall–Kier alpha value is -2.35. The molecule has 0 bridgehead atoms. The van der Waals surface area contributed by atoms with Crippen molar-refractivity contribution >= 4 is 5.91 Å². The van der Waals surface area contributed by atoms with Gasteiger partial charge in [-0.3, -0.25) is 9.78 Å². The molecule has 0 radical (unpaired) electrons. The van der Waals surface area contributed by atoms with E-state index in [4.69, 9.17) is 4.42 Å². The fourth-order valence-corrected chi connectivity index (χ4v) is 1.97. The number of aryl methyl sites for hydroxylation is 1. The number of aliphatic hydroxyl groups is 1. The van der Waals surface area contributed by atoms with Crippen LogP contribution in [0.2, 0.25) is 0 Å². The number of amides is 1. The van der Waals surface area contributed by atoms with E-state index in [0.717, 1.165) is 12.3 Å². The first kappa shape index (κ1) is 17.0. The summed E-state index contributed by atoms with van der Waals surface area (Å²) in [5.41, 5.74) is -3.43. The molecule has 1 atom stereocenters. The molecule has 0 aromatic carbocycles. The molecule has 0 fully saturated rings. The van der Waals surface area contributed by atoms with E-state index in [-0.39, 0.29) is 12.3 Å². The molecule has 2 heterocycles. The van der Waals surface area contributed by atoms with Crippen molar-refractivity contribution in [2.75, 3.05) is 6.54 Å². The molecule has 2 N–H and O–H groups in total. The third kappa shape index (κ3) is 3.89. The van der Waals surface area contributed by atoms with E-state index >= 15 is 0 Å². The van der Waals surface area contributed by atoms with Crippen LogP contribution in [0.25, 0.3) is 0 Å². The van der Waals surface area contributed by atoms with Crippen molar-refractivity contribution in [3.63, 3.8) is 0 Å². The topological polar surface area (TPSA) is 75.4 Å². The Bertz CT molecular complexity index is 708. The van der Waals surface area contributed by atoms with Crippen LogP contribution in [-0.2, 0) is 11.8 Å². The highest BCUT2D eigenvalue weighted by Gasteiger charge is 2.37. The van der Waals surface area contributed by atoms with Crippen LogP contribution in [0.3, 0.4) is 0 Å². The lowest BCUT2D eigenvalue weighted by Crippen LogP contribution is -2.39. The van der Waals surface area contributed by atoms with Crippen LogP contribution in [0.4, 0.5) is 13.2 Å². The average Bonchev–Trinajstić information content (AvgIpc) is 2.91. The van der Waals surface area contributed by atoms with Gasteiger partial charge in [0.05, 0.1) is 12.1 Å². The minimum atomic E-state index is -4.74. The Morgan fingerprint density at radius 1 is 1.35 bits per heavy atom. The second kappa shape index (κ2) is 6.04. The van der Waals surface area contributed by atoms with Gasteiger partial charge in [-0.1, -0.05) is 0 Å². The molecular formula is C15H15F3N2O3. The van der Waals surface area contributed by atoms with Gasteiger partial charge in [0, 0.05) is 6.20 Å². The summed E-state index contributed by atoms with van der Waals surface area (Å²) < 4.78 is 43.8. The predicted molar refractivity (Wildman–Crippen MR) is 74.6 cm³/mol. The first-order chi connectivity index (χ1) is 10.6. The number of nitrogens with one attached hydrogen (secondary N) is 1. The van der Waals surface area contributed by atoms with Crippen molar-refractivity contribution < 1.29 is 27.5 Å².